The third kappa shape index (κ3) is 4.13. The number of imidazole rings is 1. The van der Waals surface area contributed by atoms with Crippen LogP contribution in [0.15, 0.2) is 39.9 Å². The smallest absolute Gasteiger partial charge is 0.332 e. The second kappa shape index (κ2) is 9.76. The van der Waals surface area contributed by atoms with Crippen molar-refractivity contribution in [1.82, 2.24) is 24.0 Å². The molecule has 1 N–H and O–H groups in total. The van der Waals surface area contributed by atoms with Crippen LogP contribution in [0.1, 0.15) is 38.5 Å². The molecule has 2 atom stereocenters. The predicted molar refractivity (Wildman–Crippen MR) is 140 cm³/mol. The van der Waals surface area contributed by atoms with Gasteiger partial charge in [0, 0.05) is 39.3 Å². The maximum absolute atomic E-state index is 13.9. The lowest BCUT2D eigenvalue weighted by Gasteiger charge is -2.28. The van der Waals surface area contributed by atoms with E-state index < -0.39 is 0 Å². The van der Waals surface area contributed by atoms with Crippen molar-refractivity contribution >= 4 is 17.1 Å². The number of ether oxygens (including phenoxy) is 1. The van der Waals surface area contributed by atoms with Crippen LogP contribution < -0.4 is 26.2 Å². The van der Waals surface area contributed by atoms with E-state index in [2.05, 4.69) is 14.8 Å². The molecular formula is C27H36N6O3. The number of nitrogens with one attached hydrogen (secondary N) is 1. The summed E-state index contributed by atoms with van der Waals surface area (Å²) in [6.45, 7) is 4.14. The van der Waals surface area contributed by atoms with E-state index in [-0.39, 0.29) is 24.4 Å². The fourth-order valence-electron chi connectivity index (χ4n) is 6.45. The summed E-state index contributed by atoms with van der Waals surface area (Å²) in [4.78, 5) is 34.5. The van der Waals surface area contributed by atoms with E-state index in [1.54, 1.807) is 11.6 Å². The second-order valence-corrected chi connectivity index (χ2v) is 10.6. The number of hydrogen-bond acceptors (Lipinski definition) is 6. The van der Waals surface area contributed by atoms with Gasteiger partial charge in [-0.1, -0.05) is 37.5 Å². The Hall–Kier alpha value is -3.07. The zero-order valence-corrected chi connectivity index (χ0v) is 21.1. The predicted octanol–water partition coefficient (Wildman–Crippen LogP) is 2.35. The number of hydrogen-bond donors (Lipinski definition) is 1. The lowest BCUT2D eigenvalue weighted by molar-refractivity contribution is 0.292. The van der Waals surface area contributed by atoms with Gasteiger partial charge in [0.2, 0.25) is 5.95 Å². The molecule has 0 amide bonds. The molecule has 2 aromatic heterocycles. The van der Waals surface area contributed by atoms with Gasteiger partial charge >= 0.3 is 5.69 Å². The summed E-state index contributed by atoms with van der Waals surface area (Å²) in [7, 11) is 1.73. The highest BCUT2D eigenvalue weighted by Gasteiger charge is 2.40. The quantitative estimate of drug-likeness (QED) is 0.545. The van der Waals surface area contributed by atoms with Crippen LogP contribution in [-0.4, -0.2) is 51.0 Å². The molecule has 0 spiro atoms. The third-order valence-corrected chi connectivity index (χ3v) is 8.41. The highest BCUT2D eigenvalue weighted by molar-refractivity contribution is 5.75. The van der Waals surface area contributed by atoms with Crippen molar-refractivity contribution in [2.75, 3.05) is 31.1 Å². The van der Waals surface area contributed by atoms with Crippen molar-refractivity contribution in [3.8, 4) is 5.75 Å². The molecule has 9 nitrogen and oxygen atoms in total. The summed E-state index contributed by atoms with van der Waals surface area (Å²) in [6.07, 6.45) is 7.26. The van der Waals surface area contributed by atoms with Crippen LogP contribution in [0.2, 0.25) is 0 Å². The first-order chi connectivity index (χ1) is 17.6. The van der Waals surface area contributed by atoms with E-state index in [0.29, 0.717) is 29.0 Å². The van der Waals surface area contributed by atoms with Crippen LogP contribution in [0, 0.1) is 11.8 Å². The molecule has 192 valence electrons. The van der Waals surface area contributed by atoms with Crippen molar-refractivity contribution in [1.29, 1.82) is 0 Å². The number of rotatable bonds is 7. The Morgan fingerprint density at radius 2 is 1.83 bits per heavy atom. The van der Waals surface area contributed by atoms with Crippen molar-refractivity contribution in [2.24, 2.45) is 18.9 Å². The molecule has 6 rings (SSSR count). The summed E-state index contributed by atoms with van der Waals surface area (Å²) in [5.41, 5.74) is 0.428. The maximum Gasteiger partial charge on any atom is 0.332 e. The first-order valence-electron chi connectivity index (χ1n) is 13.5. The summed E-state index contributed by atoms with van der Waals surface area (Å²) >= 11 is 0. The van der Waals surface area contributed by atoms with Crippen molar-refractivity contribution in [2.45, 2.75) is 57.7 Å². The number of benzene rings is 1. The number of anilines is 1. The normalized spacial score (nSPS) is 22.4. The highest BCUT2D eigenvalue weighted by Crippen LogP contribution is 2.34. The molecule has 9 heteroatoms. The minimum atomic E-state index is -0.347. The molecule has 2 saturated heterocycles. The van der Waals surface area contributed by atoms with E-state index in [9.17, 15) is 9.59 Å². The van der Waals surface area contributed by atoms with E-state index >= 15 is 0 Å². The minimum Gasteiger partial charge on any atom is -0.492 e. The van der Waals surface area contributed by atoms with Gasteiger partial charge in [0.05, 0.1) is 6.54 Å². The Bertz CT molecular complexity index is 1340. The van der Waals surface area contributed by atoms with Crippen LogP contribution in [0.5, 0.6) is 5.75 Å². The highest BCUT2D eigenvalue weighted by atomic mass is 16.5. The number of nitrogens with zero attached hydrogens (tertiary/aromatic N) is 5. The Morgan fingerprint density at radius 3 is 2.64 bits per heavy atom. The van der Waals surface area contributed by atoms with E-state index in [1.165, 1.54) is 36.7 Å². The van der Waals surface area contributed by atoms with Gasteiger partial charge < -0.3 is 19.5 Å². The van der Waals surface area contributed by atoms with Gasteiger partial charge in [0.1, 0.15) is 12.4 Å². The van der Waals surface area contributed by atoms with Crippen molar-refractivity contribution in [3.63, 3.8) is 0 Å². The van der Waals surface area contributed by atoms with Gasteiger partial charge in [0.25, 0.3) is 5.56 Å². The van der Waals surface area contributed by atoms with Gasteiger partial charge in [-0.15, -0.1) is 0 Å². The zero-order chi connectivity index (χ0) is 24.6. The molecule has 0 radical (unpaired) electrons. The van der Waals surface area contributed by atoms with Crippen LogP contribution in [0.3, 0.4) is 0 Å². The molecule has 1 aromatic carbocycles. The minimum absolute atomic E-state index is 0.193. The van der Waals surface area contributed by atoms with Crippen LogP contribution >= 0.6 is 0 Å². The van der Waals surface area contributed by atoms with E-state index in [1.807, 2.05) is 30.3 Å². The first kappa shape index (κ1) is 23.3. The monoisotopic (exact) mass is 492 g/mol. The summed E-state index contributed by atoms with van der Waals surface area (Å²) in [5, 5.41) is 3.52. The van der Waals surface area contributed by atoms with Crippen LogP contribution in [0.25, 0.3) is 11.2 Å². The molecule has 0 bridgehead atoms. The molecule has 36 heavy (non-hydrogen) atoms. The molecule has 3 aliphatic rings. The Balaban J connectivity index is 1.41. The molecule has 3 aromatic rings. The number of aromatic nitrogens is 4. The molecule has 1 saturated carbocycles. The fraction of sp³-hybridized carbons (Fsp3) is 0.593. The van der Waals surface area contributed by atoms with Gasteiger partial charge in [-0.25, -0.2) is 4.79 Å². The summed E-state index contributed by atoms with van der Waals surface area (Å²) in [5.74, 6) is 2.73. The molecule has 2 aliphatic heterocycles. The lowest BCUT2D eigenvalue weighted by atomic mass is 9.89. The molecule has 2 unspecified atom stereocenters. The summed E-state index contributed by atoms with van der Waals surface area (Å²) in [6, 6.07) is 9.87. The number of fused-ring (bicyclic) bond motifs is 2. The van der Waals surface area contributed by atoms with E-state index in [4.69, 9.17) is 9.72 Å². The maximum atomic E-state index is 13.9. The molecule has 3 fully saturated rings. The van der Waals surface area contributed by atoms with Crippen LogP contribution in [-0.2, 0) is 20.1 Å². The Labute approximate surface area is 210 Å². The second-order valence-electron chi connectivity index (χ2n) is 10.6. The zero-order valence-electron chi connectivity index (χ0n) is 21.1. The van der Waals surface area contributed by atoms with Gasteiger partial charge in [0.15, 0.2) is 11.2 Å². The fourth-order valence-corrected chi connectivity index (χ4v) is 6.45. The third-order valence-electron chi connectivity index (χ3n) is 8.41. The SMILES string of the molecule is Cn1c(=O)n(CCOc2ccccc2)c(=O)c2c1nc(N1CCC3CNCC31)n2CC1CCCCC1. The largest absolute Gasteiger partial charge is 0.492 e. The lowest BCUT2D eigenvalue weighted by Crippen LogP contribution is -2.41. The van der Waals surface area contributed by atoms with Crippen molar-refractivity contribution in [3.05, 3.63) is 51.2 Å². The standard InChI is InChI=1S/C27H36N6O3/c1-30-24-23(25(34)32(27(30)35)14-15-36-21-10-6-3-7-11-21)33(18-19-8-4-2-5-9-19)26(29-24)31-13-12-20-16-28-17-22(20)31/h3,6-7,10-11,19-20,22,28H,2,4-5,8-9,12-18H2,1H3. The molecular weight excluding hydrogens is 456 g/mol. The van der Waals surface area contributed by atoms with Crippen molar-refractivity contribution < 1.29 is 4.74 Å². The van der Waals surface area contributed by atoms with Crippen LogP contribution in [0.4, 0.5) is 5.95 Å². The topological polar surface area (TPSA) is 86.3 Å². The first-order valence-corrected chi connectivity index (χ1v) is 13.5. The van der Waals surface area contributed by atoms with E-state index in [0.717, 1.165) is 44.3 Å². The number of aryl methyl sites for hydroxylation is 1. The van der Waals surface area contributed by atoms with Gasteiger partial charge in [-0.2, -0.15) is 4.98 Å². The Kier molecular flexibility index (Phi) is 6.33. The number of para-hydroxylation sites is 1. The van der Waals surface area contributed by atoms with Gasteiger partial charge in [-0.3, -0.25) is 13.9 Å². The molecule has 1 aliphatic carbocycles. The summed E-state index contributed by atoms with van der Waals surface area (Å²) < 4.78 is 10.8. The molecule has 4 heterocycles. The Morgan fingerprint density at radius 1 is 1.03 bits per heavy atom. The average Bonchev–Trinajstić information content (AvgIpc) is 3.61. The average molecular weight is 493 g/mol. The van der Waals surface area contributed by atoms with Gasteiger partial charge in [-0.05, 0) is 43.2 Å².